The Morgan fingerprint density at radius 3 is 2.44 bits per heavy atom. The van der Waals surface area contributed by atoms with E-state index in [0.29, 0.717) is 16.1 Å². The van der Waals surface area contributed by atoms with Crippen LogP contribution < -0.4 is 10.5 Å². The summed E-state index contributed by atoms with van der Waals surface area (Å²) in [4.78, 5) is 29.2. The normalized spacial score (nSPS) is 11.2. The number of amides is 2. The van der Waals surface area contributed by atoms with Crippen molar-refractivity contribution < 1.29 is 18.0 Å². The van der Waals surface area contributed by atoms with E-state index in [0.717, 1.165) is 11.3 Å². The van der Waals surface area contributed by atoms with Gasteiger partial charge in [-0.15, -0.1) is 0 Å². The molecule has 2 rings (SSSR count). The lowest BCUT2D eigenvalue weighted by atomic mass is 10.1. The molecule has 0 unspecified atom stereocenters. The number of benzene rings is 1. The summed E-state index contributed by atoms with van der Waals surface area (Å²) in [5.41, 5.74) is 6.40. The summed E-state index contributed by atoms with van der Waals surface area (Å²) >= 11 is 0.947. The molecule has 0 aliphatic heterocycles. The number of nitrogens with two attached hydrogens (primary N) is 1. The van der Waals surface area contributed by atoms with Crippen molar-refractivity contribution in [2.45, 2.75) is 18.7 Å². The molecule has 0 aliphatic carbocycles. The topological polar surface area (TPSA) is 122 Å². The highest BCUT2D eigenvalue weighted by atomic mass is 32.2. The lowest BCUT2D eigenvalue weighted by molar-refractivity contribution is 0.0831. The van der Waals surface area contributed by atoms with Gasteiger partial charge in [0.2, 0.25) is 5.91 Å². The Bertz CT molecular complexity index is 948. The summed E-state index contributed by atoms with van der Waals surface area (Å²) in [6.45, 7) is 3.29. The van der Waals surface area contributed by atoms with E-state index in [9.17, 15) is 18.0 Å². The summed E-state index contributed by atoms with van der Waals surface area (Å²) in [6, 6.07) is 4.09. The van der Waals surface area contributed by atoms with Gasteiger partial charge in [0.05, 0.1) is 10.6 Å². The SMILES string of the molecule is Cc1ccc(S(=O)(=O)Nc2nc(C)c(C(=O)N(C)C)s2)cc1C(N)=O. The maximum Gasteiger partial charge on any atom is 0.265 e. The maximum absolute atomic E-state index is 12.5. The molecule has 0 saturated carbocycles. The largest absolute Gasteiger partial charge is 0.366 e. The average molecular weight is 382 g/mol. The summed E-state index contributed by atoms with van der Waals surface area (Å²) in [5, 5.41) is 0.0731. The first-order valence-corrected chi connectivity index (χ1v) is 9.45. The monoisotopic (exact) mass is 382 g/mol. The van der Waals surface area contributed by atoms with Gasteiger partial charge in [-0.05, 0) is 31.5 Å². The third-order valence-corrected chi connectivity index (χ3v) is 5.93. The molecule has 0 bridgehead atoms. The number of nitrogens with zero attached hydrogens (tertiary/aromatic N) is 2. The first-order chi connectivity index (χ1) is 11.5. The van der Waals surface area contributed by atoms with Gasteiger partial charge >= 0.3 is 0 Å². The number of nitrogens with one attached hydrogen (secondary N) is 1. The smallest absolute Gasteiger partial charge is 0.265 e. The molecule has 0 radical (unpaired) electrons. The fourth-order valence-electron chi connectivity index (χ4n) is 2.05. The molecular weight excluding hydrogens is 364 g/mol. The van der Waals surface area contributed by atoms with Crippen LogP contribution in [0.15, 0.2) is 23.1 Å². The first-order valence-electron chi connectivity index (χ1n) is 7.15. The van der Waals surface area contributed by atoms with Gasteiger partial charge in [-0.25, -0.2) is 13.4 Å². The van der Waals surface area contributed by atoms with Crippen LogP contribution in [0.3, 0.4) is 0 Å². The lowest BCUT2D eigenvalue weighted by Crippen LogP contribution is -2.21. The van der Waals surface area contributed by atoms with Crippen molar-refractivity contribution in [1.82, 2.24) is 9.88 Å². The maximum atomic E-state index is 12.5. The van der Waals surface area contributed by atoms with Gasteiger partial charge in [0.1, 0.15) is 4.88 Å². The van der Waals surface area contributed by atoms with E-state index in [1.54, 1.807) is 27.9 Å². The van der Waals surface area contributed by atoms with Crippen LogP contribution >= 0.6 is 11.3 Å². The van der Waals surface area contributed by atoms with Gasteiger partial charge in [0, 0.05) is 19.7 Å². The van der Waals surface area contributed by atoms with E-state index < -0.39 is 15.9 Å². The molecule has 134 valence electrons. The van der Waals surface area contributed by atoms with Crippen molar-refractivity contribution in [2.24, 2.45) is 5.73 Å². The van der Waals surface area contributed by atoms with Crippen LogP contribution in [-0.2, 0) is 10.0 Å². The minimum atomic E-state index is -3.97. The second kappa shape index (κ2) is 6.81. The Balaban J connectivity index is 2.37. The predicted molar refractivity (Wildman–Crippen MR) is 95.4 cm³/mol. The highest BCUT2D eigenvalue weighted by molar-refractivity contribution is 7.93. The number of sulfonamides is 1. The van der Waals surface area contributed by atoms with E-state index >= 15 is 0 Å². The third kappa shape index (κ3) is 3.97. The zero-order chi connectivity index (χ0) is 18.9. The molecule has 0 spiro atoms. The van der Waals surface area contributed by atoms with Gasteiger partial charge in [0.15, 0.2) is 5.13 Å². The number of aromatic nitrogens is 1. The third-order valence-electron chi connectivity index (χ3n) is 3.40. The van der Waals surface area contributed by atoms with Crippen LogP contribution in [0.4, 0.5) is 5.13 Å². The van der Waals surface area contributed by atoms with Gasteiger partial charge in [-0.2, -0.15) is 0 Å². The van der Waals surface area contributed by atoms with E-state index in [1.807, 2.05) is 0 Å². The number of anilines is 1. The van der Waals surface area contributed by atoms with E-state index in [4.69, 9.17) is 5.73 Å². The van der Waals surface area contributed by atoms with Crippen molar-refractivity contribution in [3.05, 3.63) is 39.9 Å². The molecule has 1 aromatic carbocycles. The van der Waals surface area contributed by atoms with Crippen LogP contribution in [0.5, 0.6) is 0 Å². The highest BCUT2D eigenvalue weighted by Gasteiger charge is 2.22. The van der Waals surface area contributed by atoms with Crippen LogP contribution in [-0.4, -0.2) is 44.2 Å². The number of primary amides is 1. The van der Waals surface area contributed by atoms with Gasteiger partial charge in [0.25, 0.3) is 15.9 Å². The van der Waals surface area contributed by atoms with E-state index in [2.05, 4.69) is 9.71 Å². The van der Waals surface area contributed by atoms with Gasteiger partial charge in [-0.1, -0.05) is 17.4 Å². The quantitative estimate of drug-likeness (QED) is 0.808. The average Bonchev–Trinajstić information content (AvgIpc) is 2.85. The number of thiazole rings is 1. The Morgan fingerprint density at radius 2 is 1.88 bits per heavy atom. The minimum absolute atomic E-state index is 0.0731. The van der Waals surface area contributed by atoms with Crippen LogP contribution in [0.25, 0.3) is 0 Å². The van der Waals surface area contributed by atoms with Gasteiger partial charge in [-0.3, -0.25) is 14.3 Å². The summed E-state index contributed by atoms with van der Waals surface area (Å²) in [6.07, 6.45) is 0. The molecule has 2 aromatic rings. The molecule has 25 heavy (non-hydrogen) atoms. The van der Waals surface area contributed by atoms with Crippen molar-refractivity contribution in [2.75, 3.05) is 18.8 Å². The number of hydrogen-bond donors (Lipinski definition) is 2. The molecule has 0 aliphatic rings. The number of hydrogen-bond acceptors (Lipinski definition) is 6. The number of carbonyl (C=O) groups is 2. The van der Waals surface area contributed by atoms with Crippen molar-refractivity contribution >= 4 is 38.3 Å². The van der Waals surface area contributed by atoms with Crippen molar-refractivity contribution in [3.8, 4) is 0 Å². The molecule has 10 heteroatoms. The van der Waals surface area contributed by atoms with Gasteiger partial charge < -0.3 is 10.6 Å². The minimum Gasteiger partial charge on any atom is -0.366 e. The molecule has 1 aromatic heterocycles. The lowest BCUT2D eigenvalue weighted by Gasteiger charge is -2.08. The van der Waals surface area contributed by atoms with E-state index in [-0.39, 0.29) is 21.5 Å². The summed E-state index contributed by atoms with van der Waals surface area (Å²) in [7, 11) is -0.770. The van der Waals surface area contributed by atoms with Crippen molar-refractivity contribution in [1.29, 1.82) is 0 Å². The highest BCUT2D eigenvalue weighted by Crippen LogP contribution is 2.26. The zero-order valence-corrected chi connectivity index (χ0v) is 15.8. The predicted octanol–water partition coefficient (Wildman–Crippen LogP) is 1.36. The Morgan fingerprint density at radius 1 is 1.24 bits per heavy atom. The fraction of sp³-hybridized carbons (Fsp3) is 0.267. The second-order valence-corrected chi connectivity index (χ2v) is 8.26. The molecular formula is C15H18N4O4S2. The van der Waals surface area contributed by atoms with Crippen LogP contribution in [0, 0.1) is 13.8 Å². The number of aryl methyl sites for hydroxylation is 2. The fourth-order valence-corrected chi connectivity index (χ4v) is 4.30. The van der Waals surface area contributed by atoms with E-state index in [1.165, 1.54) is 23.1 Å². The molecule has 0 fully saturated rings. The van der Waals surface area contributed by atoms with Crippen molar-refractivity contribution in [3.63, 3.8) is 0 Å². The summed E-state index contributed by atoms with van der Waals surface area (Å²) < 4.78 is 27.4. The molecule has 0 saturated heterocycles. The summed E-state index contributed by atoms with van der Waals surface area (Å²) in [5.74, 6) is -0.967. The number of rotatable bonds is 5. The second-order valence-electron chi connectivity index (χ2n) is 5.58. The molecule has 1 heterocycles. The molecule has 0 atom stereocenters. The van der Waals surface area contributed by atoms with Crippen LogP contribution in [0.1, 0.15) is 31.3 Å². The molecule has 3 N–H and O–H groups in total. The molecule has 2 amide bonds. The first kappa shape index (κ1) is 18.9. The van der Waals surface area contributed by atoms with Crippen LogP contribution in [0.2, 0.25) is 0 Å². The Labute approximate surface area is 149 Å². The standard InChI is InChI=1S/C15H18N4O4S2/c1-8-5-6-10(7-11(8)13(16)20)25(22,23)18-15-17-9(2)12(24-15)14(21)19(3)4/h5-7H,1-4H3,(H2,16,20)(H,17,18). The Kier molecular flexibility index (Phi) is 5.14. The Hall–Kier alpha value is -2.46. The zero-order valence-electron chi connectivity index (χ0n) is 14.2. The number of carbonyl (C=O) groups excluding carboxylic acids is 2. The molecule has 8 nitrogen and oxygen atoms in total.